The molecule has 26 heavy (non-hydrogen) atoms. The summed E-state index contributed by atoms with van der Waals surface area (Å²) in [5, 5.41) is 16.1. The van der Waals surface area contributed by atoms with Gasteiger partial charge in [-0.25, -0.2) is 0 Å². The van der Waals surface area contributed by atoms with Crippen molar-refractivity contribution in [3.05, 3.63) is 27.4 Å². The topological polar surface area (TPSA) is 83.4 Å². The van der Waals surface area contributed by atoms with Gasteiger partial charge < -0.3 is 20.3 Å². The number of anilines is 1. The summed E-state index contributed by atoms with van der Waals surface area (Å²) < 4.78 is 1.95. The van der Waals surface area contributed by atoms with E-state index in [1.165, 1.54) is 0 Å². The Balaban J connectivity index is 2.48. The average molecular weight is 398 g/mol. The van der Waals surface area contributed by atoms with Crippen LogP contribution in [0.1, 0.15) is 37.9 Å². The molecule has 6 nitrogen and oxygen atoms in total. The van der Waals surface area contributed by atoms with E-state index in [1.807, 2.05) is 32.4 Å². The molecule has 1 aliphatic rings. The number of aromatic nitrogens is 1. The van der Waals surface area contributed by atoms with Gasteiger partial charge in [0, 0.05) is 30.1 Å². The molecular formula is C18H21Cl2N3O3. The van der Waals surface area contributed by atoms with Crippen LogP contribution in [-0.2, 0) is 22.1 Å². The van der Waals surface area contributed by atoms with Crippen molar-refractivity contribution in [2.24, 2.45) is 7.05 Å². The quantitative estimate of drug-likeness (QED) is 0.728. The highest BCUT2D eigenvalue weighted by Crippen LogP contribution is 2.46. The second kappa shape index (κ2) is 6.44. The molecule has 0 radical (unpaired) electrons. The lowest BCUT2D eigenvalue weighted by Crippen LogP contribution is -2.35. The van der Waals surface area contributed by atoms with Crippen molar-refractivity contribution in [3.63, 3.8) is 0 Å². The SMILES string of the molecule is C[C@@H]1C(=O)NCC(C)(C)c2c1c1c(NC(=O)CO)cc(Cl)c(Cl)c1n2C. The van der Waals surface area contributed by atoms with E-state index in [1.54, 1.807) is 6.07 Å². The number of halogens is 2. The van der Waals surface area contributed by atoms with Crippen molar-refractivity contribution in [2.75, 3.05) is 18.5 Å². The Morgan fingerprint density at radius 2 is 2.12 bits per heavy atom. The van der Waals surface area contributed by atoms with Crippen LogP contribution >= 0.6 is 23.2 Å². The summed E-state index contributed by atoms with van der Waals surface area (Å²) in [6, 6.07) is 1.56. The fourth-order valence-corrected chi connectivity index (χ4v) is 4.29. The summed E-state index contributed by atoms with van der Waals surface area (Å²) in [6.45, 7) is 5.75. The van der Waals surface area contributed by atoms with Crippen LogP contribution in [0.15, 0.2) is 6.07 Å². The first-order valence-corrected chi connectivity index (χ1v) is 9.05. The number of benzene rings is 1. The van der Waals surface area contributed by atoms with Crippen molar-refractivity contribution in [2.45, 2.75) is 32.1 Å². The number of nitrogens with one attached hydrogen (secondary N) is 2. The van der Waals surface area contributed by atoms with Crippen molar-refractivity contribution in [1.29, 1.82) is 0 Å². The number of fused-ring (bicyclic) bond motifs is 3. The maximum absolute atomic E-state index is 12.6. The van der Waals surface area contributed by atoms with Crippen LogP contribution in [0.5, 0.6) is 0 Å². The zero-order chi connectivity index (χ0) is 19.4. The normalized spacial score (nSPS) is 19.0. The predicted octanol–water partition coefficient (Wildman–Crippen LogP) is 2.93. The second-order valence-electron chi connectivity index (χ2n) is 7.29. The molecule has 0 saturated heterocycles. The highest BCUT2D eigenvalue weighted by molar-refractivity contribution is 6.46. The number of aliphatic hydroxyl groups excluding tert-OH is 1. The van der Waals surface area contributed by atoms with Crippen LogP contribution in [-0.4, -0.2) is 34.6 Å². The standard InChI is InChI=1S/C18H21Cl2N3O3/c1-8-12-13-10(22-11(25)6-24)5-9(19)14(20)15(13)23(4)16(12)18(2,3)7-21-17(8)26/h5,8,24H,6-7H2,1-4H3,(H,21,26)(H,22,25)/t8-/m0/s1. The van der Waals surface area contributed by atoms with Crippen molar-refractivity contribution in [3.8, 4) is 0 Å². The first kappa shape index (κ1) is 19.0. The molecule has 0 fully saturated rings. The maximum atomic E-state index is 12.6. The van der Waals surface area contributed by atoms with Crippen LogP contribution in [0.25, 0.3) is 10.9 Å². The zero-order valence-corrected chi connectivity index (χ0v) is 16.5. The van der Waals surface area contributed by atoms with Gasteiger partial charge in [-0.3, -0.25) is 9.59 Å². The minimum atomic E-state index is -0.654. The molecule has 0 spiro atoms. The molecule has 2 heterocycles. The summed E-state index contributed by atoms with van der Waals surface area (Å²) in [4.78, 5) is 24.4. The number of rotatable bonds is 2. The monoisotopic (exact) mass is 397 g/mol. The van der Waals surface area contributed by atoms with Crippen LogP contribution in [0.3, 0.4) is 0 Å². The third-order valence-corrected chi connectivity index (χ3v) is 5.76. The summed E-state index contributed by atoms with van der Waals surface area (Å²) in [5.74, 6) is -1.08. The first-order valence-electron chi connectivity index (χ1n) is 8.29. The van der Waals surface area contributed by atoms with E-state index in [-0.39, 0.29) is 16.3 Å². The number of nitrogens with zero attached hydrogens (tertiary/aromatic N) is 1. The highest BCUT2D eigenvalue weighted by atomic mass is 35.5. The molecule has 140 valence electrons. The van der Waals surface area contributed by atoms with Gasteiger partial charge in [0.15, 0.2) is 0 Å². The van der Waals surface area contributed by atoms with Gasteiger partial charge in [-0.2, -0.15) is 0 Å². The summed E-state index contributed by atoms with van der Waals surface area (Å²) in [5.41, 5.74) is 2.52. The Morgan fingerprint density at radius 3 is 2.73 bits per heavy atom. The van der Waals surface area contributed by atoms with Gasteiger partial charge in [-0.1, -0.05) is 37.0 Å². The van der Waals surface area contributed by atoms with Crippen molar-refractivity contribution < 1.29 is 14.7 Å². The molecule has 0 bridgehead atoms. The summed E-state index contributed by atoms with van der Waals surface area (Å²) in [7, 11) is 1.88. The highest BCUT2D eigenvalue weighted by Gasteiger charge is 2.38. The minimum absolute atomic E-state index is 0.0881. The van der Waals surface area contributed by atoms with Crippen molar-refractivity contribution in [1.82, 2.24) is 9.88 Å². The van der Waals surface area contributed by atoms with Gasteiger partial charge in [0.25, 0.3) is 0 Å². The maximum Gasteiger partial charge on any atom is 0.250 e. The molecule has 2 amide bonds. The van der Waals surface area contributed by atoms with E-state index in [2.05, 4.69) is 10.6 Å². The van der Waals surface area contributed by atoms with Crippen LogP contribution in [0.4, 0.5) is 5.69 Å². The lowest BCUT2D eigenvalue weighted by atomic mass is 9.84. The van der Waals surface area contributed by atoms with E-state index in [9.17, 15) is 9.59 Å². The smallest absolute Gasteiger partial charge is 0.250 e. The lowest BCUT2D eigenvalue weighted by Gasteiger charge is -2.25. The van der Waals surface area contributed by atoms with Crippen LogP contribution in [0, 0.1) is 0 Å². The minimum Gasteiger partial charge on any atom is -0.387 e. The molecule has 8 heteroatoms. The predicted molar refractivity (Wildman–Crippen MR) is 103 cm³/mol. The van der Waals surface area contributed by atoms with Gasteiger partial charge in [-0.05, 0) is 18.6 Å². The van der Waals surface area contributed by atoms with Crippen molar-refractivity contribution >= 4 is 51.6 Å². The fourth-order valence-electron chi connectivity index (χ4n) is 3.82. The Labute approximate surface area is 161 Å². The van der Waals surface area contributed by atoms with E-state index in [4.69, 9.17) is 28.3 Å². The molecule has 1 aromatic heterocycles. The molecule has 1 atom stereocenters. The number of carbonyl (C=O) groups excluding carboxylic acids is 2. The fraction of sp³-hybridized carbons (Fsp3) is 0.444. The molecule has 0 unspecified atom stereocenters. The Morgan fingerprint density at radius 1 is 1.46 bits per heavy atom. The van der Waals surface area contributed by atoms with E-state index < -0.39 is 18.4 Å². The molecule has 3 N–H and O–H groups in total. The first-order chi connectivity index (χ1) is 12.1. The molecular weight excluding hydrogens is 377 g/mol. The number of aliphatic hydroxyl groups is 1. The summed E-state index contributed by atoms with van der Waals surface area (Å²) in [6.07, 6.45) is 0. The second-order valence-corrected chi connectivity index (χ2v) is 8.08. The van der Waals surface area contributed by atoms with Gasteiger partial charge in [0.2, 0.25) is 11.8 Å². The molecule has 1 aliphatic heterocycles. The number of hydrogen-bond acceptors (Lipinski definition) is 3. The lowest BCUT2D eigenvalue weighted by molar-refractivity contribution is -0.122. The zero-order valence-electron chi connectivity index (χ0n) is 15.0. The number of carbonyl (C=O) groups is 2. The Bertz CT molecular complexity index is 934. The average Bonchev–Trinajstić information content (AvgIpc) is 2.86. The van der Waals surface area contributed by atoms with E-state index in [0.717, 1.165) is 11.3 Å². The van der Waals surface area contributed by atoms with Crippen LogP contribution in [0.2, 0.25) is 10.0 Å². The van der Waals surface area contributed by atoms with Crippen LogP contribution < -0.4 is 10.6 Å². The van der Waals surface area contributed by atoms with Gasteiger partial charge in [0.1, 0.15) is 6.61 Å². The van der Waals surface area contributed by atoms with Gasteiger partial charge in [0.05, 0.1) is 27.2 Å². The number of aryl methyl sites for hydroxylation is 1. The van der Waals surface area contributed by atoms with Gasteiger partial charge in [-0.15, -0.1) is 0 Å². The number of amides is 2. The molecule has 2 aromatic rings. The molecule has 0 saturated carbocycles. The largest absolute Gasteiger partial charge is 0.387 e. The molecule has 0 aliphatic carbocycles. The third-order valence-electron chi connectivity index (χ3n) is 4.98. The Hall–Kier alpha value is -1.76. The molecule has 3 rings (SSSR count). The summed E-state index contributed by atoms with van der Waals surface area (Å²) >= 11 is 12.8. The number of hydrogen-bond donors (Lipinski definition) is 3. The van der Waals surface area contributed by atoms with Gasteiger partial charge >= 0.3 is 0 Å². The van der Waals surface area contributed by atoms with E-state index >= 15 is 0 Å². The van der Waals surface area contributed by atoms with E-state index in [0.29, 0.717) is 28.2 Å². The molecule has 1 aromatic carbocycles. The third kappa shape index (κ3) is 2.76. The Kier molecular flexibility index (Phi) is 4.71.